The van der Waals surface area contributed by atoms with E-state index < -0.39 is 9.84 Å². The molecular weight excluding hydrogens is 238 g/mol. The van der Waals surface area contributed by atoms with Crippen LogP contribution in [0.1, 0.15) is 44.6 Å². The van der Waals surface area contributed by atoms with Gasteiger partial charge in [-0.25, -0.2) is 13.1 Å². The molecule has 1 aliphatic rings. The molecule has 0 aromatic carbocycles. The highest BCUT2D eigenvalue weighted by Gasteiger charge is 2.22. The molecule has 0 spiro atoms. The summed E-state index contributed by atoms with van der Waals surface area (Å²) >= 11 is 0. The van der Waals surface area contributed by atoms with Gasteiger partial charge in [0.15, 0.2) is 9.84 Å². The van der Waals surface area contributed by atoms with Gasteiger partial charge in [0.1, 0.15) is 10.7 Å². The van der Waals surface area contributed by atoms with E-state index in [1.807, 2.05) is 0 Å². The summed E-state index contributed by atoms with van der Waals surface area (Å²) in [7, 11) is -3.27. The summed E-state index contributed by atoms with van der Waals surface area (Å²) in [5.74, 6) is 0.291. The van der Waals surface area contributed by atoms with Crippen molar-refractivity contribution in [3.63, 3.8) is 0 Å². The van der Waals surface area contributed by atoms with Gasteiger partial charge in [-0.3, -0.25) is 0 Å². The summed E-state index contributed by atoms with van der Waals surface area (Å²) in [6.45, 7) is 0. The minimum atomic E-state index is -3.27. The second-order valence-corrected chi connectivity index (χ2v) is 6.74. The van der Waals surface area contributed by atoms with Crippen LogP contribution in [0, 0.1) is 0 Å². The van der Waals surface area contributed by atoms with E-state index in [0.717, 1.165) is 31.9 Å². The Morgan fingerprint density at radius 1 is 1.29 bits per heavy atom. The van der Waals surface area contributed by atoms with E-state index in [2.05, 4.69) is 5.10 Å². The van der Waals surface area contributed by atoms with Gasteiger partial charge in [-0.2, -0.15) is 5.10 Å². The Labute approximate surface area is 102 Å². The van der Waals surface area contributed by atoms with Crippen molar-refractivity contribution in [1.29, 1.82) is 0 Å². The minimum Gasteiger partial charge on any atom is -0.383 e. The third-order valence-corrected chi connectivity index (χ3v) is 4.48. The number of rotatable bonds is 2. The van der Waals surface area contributed by atoms with E-state index in [4.69, 9.17) is 5.73 Å². The molecule has 0 atom stereocenters. The number of nitrogen functional groups attached to an aromatic ring is 1. The largest absolute Gasteiger partial charge is 0.383 e. The number of nitrogens with zero attached hydrogens (tertiary/aromatic N) is 2. The van der Waals surface area contributed by atoms with Crippen LogP contribution in [0.3, 0.4) is 0 Å². The van der Waals surface area contributed by atoms with Crippen molar-refractivity contribution in [2.24, 2.45) is 0 Å². The summed E-state index contributed by atoms with van der Waals surface area (Å²) in [5.41, 5.74) is 5.89. The van der Waals surface area contributed by atoms with Crippen molar-refractivity contribution >= 4 is 15.7 Å². The second-order valence-electron chi connectivity index (χ2n) is 4.76. The monoisotopic (exact) mass is 257 g/mol. The van der Waals surface area contributed by atoms with Crippen molar-refractivity contribution in [2.75, 3.05) is 12.0 Å². The lowest BCUT2D eigenvalue weighted by Gasteiger charge is -2.16. The molecule has 0 unspecified atom stereocenters. The van der Waals surface area contributed by atoms with Crippen LogP contribution in [0.5, 0.6) is 0 Å². The molecule has 1 saturated carbocycles. The van der Waals surface area contributed by atoms with Gasteiger partial charge < -0.3 is 5.73 Å². The fourth-order valence-corrected chi connectivity index (χ4v) is 3.15. The van der Waals surface area contributed by atoms with E-state index >= 15 is 0 Å². The standard InChI is InChI=1S/C11H19N3O2S/c1-17(15,16)10-8-13-14(11(10)12)9-6-4-2-3-5-7-9/h8-9H,2-7,12H2,1H3. The number of anilines is 1. The molecule has 96 valence electrons. The first-order valence-corrected chi connectivity index (χ1v) is 7.92. The third-order valence-electron chi connectivity index (χ3n) is 3.37. The third kappa shape index (κ3) is 2.62. The van der Waals surface area contributed by atoms with Crippen LogP contribution in [0.25, 0.3) is 0 Å². The smallest absolute Gasteiger partial charge is 0.180 e. The molecule has 2 rings (SSSR count). The lowest BCUT2D eigenvalue weighted by molar-refractivity contribution is 0.410. The molecule has 2 N–H and O–H groups in total. The van der Waals surface area contributed by atoms with E-state index in [1.165, 1.54) is 19.0 Å². The van der Waals surface area contributed by atoms with Crippen molar-refractivity contribution < 1.29 is 8.42 Å². The predicted molar refractivity (Wildman–Crippen MR) is 66.5 cm³/mol. The Bertz CT molecular complexity index is 485. The first-order valence-electron chi connectivity index (χ1n) is 6.03. The summed E-state index contributed by atoms with van der Waals surface area (Å²) in [6, 6.07) is 0.257. The molecule has 17 heavy (non-hydrogen) atoms. The Kier molecular flexibility index (Phi) is 3.42. The fraction of sp³-hybridized carbons (Fsp3) is 0.727. The van der Waals surface area contributed by atoms with E-state index in [9.17, 15) is 8.42 Å². The number of nitrogens with two attached hydrogens (primary N) is 1. The fourth-order valence-electron chi connectivity index (χ4n) is 2.43. The Hall–Kier alpha value is -1.04. The predicted octanol–water partition coefficient (Wildman–Crippen LogP) is 1.76. The number of sulfone groups is 1. The summed E-state index contributed by atoms with van der Waals surface area (Å²) in [6.07, 6.45) is 9.43. The van der Waals surface area contributed by atoms with Crippen molar-refractivity contribution in [3.8, 4) is 0 Å². The average molecular weight is 257 g/mol. The zero-order valence-electron chi connectivity index (χ0n) is 10.1. The second kappa shape index (κ2) is 4.68. The number of hydrogen-bond donors (Lipinski definition) is 1. The highest BCUT2D eigenvalue weighted by Crippen LogP contribution is 2.30. The van der Waals surface area contributed by atoms with Gasteiger partial charge in [0, 0.05) is 6.26 Å². The van der Waals surface area contributed by atoms with Gasteiger partial charge >= 0.3 is 0 Å². The topological polar surface area (TPSA) is 78.0 Å². The molecule has 1 heterocycles. The van der Waals surface area contributed by atoms with Crippen molar-refractivity contribution in [1.82, 2.24) is 9.78 Å². The van der Waals surface area contributed by atoms with Crippen LogP contribution in [-0.2, 0) is 9.84 Å². The maximum atomic E-state index is 11.5. The SMILES string of the molecule is CS(=O)(=O)c1cnn(C2CCCCCC2)c1N. The van der Waals surface area contributed by atoms with Crippen LogP contribution < -0.4 is 5.73 Å². The normalized spacial score (nSPS) is 19.1. The van der Waals surface area contributed by atoms with Gasteiger partial charge in [0.2, 0.25) is 0 Å². The molecular formula is C11H19N3O2S. The zero-order valence-corrected chi connectivity index (χ0v) is 10.9. The molecule has 6 heteroatoms. The van der Waals surface area contributed by atoms with Gasteiger partial charge in [-0.15, -0.1) is 0 Å². The van der Waals surface area contributed by atoms with Crippen LogP contribution in [0.2, 0.25) is 0 Å². The summed E-state index contributed by atoms with van der Waals surface area (Å²) in [4.78, 5) is 0.154. The number of aromatic nitrogens is 2. The molecule has 0 radical (unpaired) electrons. The van der Waals surface area contributed by atoms with Gasteiger partial charge in [0.25, 0.3) is 0 Å². The molecule has 0 aliphatic heterocycles. The molecule has 0 saturated heterocycles. The van der Waals surface area contributed by atoms with Crippen LogP contribution in [-0.4, -0.2) is 24.5 Å². The molecule has 1 aromatic rings. The van der Waals surface area contributed by atoms with E-state index in [-0.39, 0.29) is 10.9 Å². The molecule has 5 nitrogen and oxygen atoms in total. The molecule has 0 bridgehead atoms. The Balaban J connectivity index is 2.30. The van der Waals surface area contributed by atoms with Crippen molar-refractivity contribution in [3.05, 3.63) is 6.20 Å². The molecule has 1 aliphatic carbocycles. The maximum Gasteiger partial charge on any atom is 0.180 e. The van der Waals surface area contributed by atoms with Crippen LogP contribution in [0.4, 0.5) is 5.82 Å². The highest BCUT2D eigenvalue weighted by atomic mass is 32.2. The zero-order chi connectivity index (χ0) is 12.5. The molecule has 0 amide bonds. The quantitative estimate of drug-likeness (QED) is 0.819. The number of hydrogen-bond acceptors (Lipinski definition) is 4. The van der Waals surface area contributed by atoms with Gasteiger partial charge in [-0.1, -0.05) is 25.7 Å². The first-order chi connectivity index (χ1) is 8.00. The minimum absolute atomic E-state index is 0.154. The average Bonchev–Trinajstić information content (AvgIpc) is 2.50. The highest BCUT2D eigenvalue weighted by molar-refractivity contribution is 7.90. The summed E-state index contributed by atoms with van der Waals surface area (Å²) in [5, 5.41) is 4.16. The summed E-state index contributed by atoms with van der Waals surface area (Å²) < 4.78 is 24.7. The first kappa shape index (κ1) is 12.4. The van der Waals surface area contributed by atoms with Gasteiger partial charge in [0.05, 0.1) is 12.2 Å². The van der Waals surface area contributed by atoms with Crippen molar-refractivity contribution in [2.45, 2.75) is 49.5 Å². The lowest BCUT2D eigenvalue weighted by atomic mass is 10.1. The van der Waals surface area contributed by atoms with Gasteiger partial charge in [-0.05, 0) is 12.8 Å². The Morgan fingerprint density at radius 2 is 1.88 bits per heavy atom. The lowest BCUT2D eigenvalue weighted by Crippen LogP contribution is -2.13. The molecule has 1 fully saturated rings. The Morgan fingerprint density at radius 3 is 2.35 bits per heavy atom. The van der Waals surface area contributed by atoms with Crippen LogP contribution in [0.15, 0.2) is 11.1 Å². The molecule has 1 aromatic heterocycles. The van der Waals surface area contributed by atoms with E-state index in [0.29, 0.717) is 5.82 Å². The van der Waals surface area contributed by atoms with Crippen LogP contribution >= 0.6 is 0 Å². The van der Waals surface area contributed by atoms with E-state index in [1.54, 1.807) is 4.68 Å². The maximum absolute atomic E-state index is 11.5.